The highest BCUT2D eigenvalue weighted by molar-refractivity contribution is 5.92. The molecule has 7 nitrogen and oxygen atoms in total. The standard InChI is InChI=1S/C15H21N3O2.C13H14N2/c1-15-7-8-17(3)13(15)18(4)12-6-5-10(9-11(12)15)20-14(19)16-2;14-13-9-5-1-3-7-11(9)15-12-8-4-2-6-10(12)13/h5-6,9,13H,7-8H2,1-4H3,(H,16,19);1,3,5,7H,2,4,6,8H2,(H2,14,15)/t13-,15+;/m1./s1. The van der Waals surface area contributed by atoms with Crippen LogP contribution in [0.2, 0.25) is 0 Å². The molecule has 6 rings (SSSR count). The van der Waals surface area contributed by atoms with Crippen molar-refractivity contribution in [3.05, 3.63) is 59.3 Å². The molecule has 0 saturated carbocycles. The number of ether oxygens (including phenoxy) is 1. The van der Waals surface area contributed by atoms with E-state index >= 15 is 0 Å². The zero-order valence-corrected chi connectivity index (χ0v) is 21.1. The Morgan fingerprint density at radius 3 is 2.74 bits per heavy atom. The first-order chi connectivity index (χ1) is 16.8. The number of benzene rings is 2. The number of hydrogen-bond acceptors (Lipinski definition) is 6. The normalized spacial score (nSPS) is 22.6. The minimum atomic E-state index is -0.429. The molecule has 1 amide bonds. The number of anilines is 2. The Morgan fingerprint density at radius 1 is 1.17 bits per heavy atom. The van der Waals surface area contributed by atoms with Crippen molar-refractivity contribution < 1.29 is 9.53 Å². The summed E-state index contributed by atoms with van der Waals surface area (Å²) in [6.45, 7) is 3.39. The summed E-state index contributed by atoms with van der Waals surface area (Å²) in [5.41, 5.74) is 13.3. The smallest absolute Gasteiger partial charge is 0.410 e. The summed E-state index contributed by atoms with van der Waals surface area (Å²) in [5, 5.41) is 3.58. The van der Waals surface area contributed by atoms with Gasteiger partial charge in [0.25, 0.3) is 0 Å². The molecule has 2 atom stereocenters. The summed E-state index contributed by atoms with van der Waals surface area (Å²) in [7, 11) is 5.86. The Morgan fingerprint density at radius 2 is 1.94 bits per heavy atom. The number of nitrogens with zero attached hydrogens (tertiary/aromatic N) is 3. The minimum Gasteiger partial charge on any atom is -0.410 e. The number of fused-ring (bicyclic) bond motifs is 5. The molecule has 3 aliphatic rings. The van der Waals surface area contributed by atoms with Crippen molar-refractivity contribution in [1.82, 2.24) is 15.2 Å². The Balaban J connectivity index is 0.000000151. The van der Waals surface area contributed by atoms with Gasteiger partial charge >= 0.3 is 6.09 Å². The lowest BCUT2D eigenvalue weighted by Crippen LogP contribution is -2.45. The number of likely N-dealkylation sites (N-methyl/N-ethyl adjacent to an activating group) is 2. The first-order valence-corrected chi connectivity index (χ1v) is 12.5. The second-order valence-electron chi connectivity index (χ2n) is 10.1. The van der Waals surface area contributed by atoms with Gasteiger partial charge in [0.2, 0.25) is 0 Å². The number of para-hydroxylation sites is 1. The third-order valence-electron chi connectivity index (χ3n) is 7.93. The Bertz CT molecular complexity index is 1280. The SMILES string of the molecule is CNC(=O)Oc1ccc2c(c1)[C@]1(C)CCN(C)[C@@H]1N2C.Nc1c2c(nc3ccccc13)CCCC2. The van der Waals surface area contributed by atoms with Crippen molar-refractivity contribution in [2.24, 2.45) is 0 Å². The molecule has 0 bridgehead atoms. The van der Waals surface area contributed by atoms with Crippen LogP contribution in [0.3, 0.4) is 0 Å². The van der Waals surface area contributed by atoms with Gasteiger partial charge in [-0.1, -0.05) is 25.1 Å². The summed E-state index contributed by atoms with van der Waals surface area (Å²) < 4.78 is 5.26. The van der Waals surface area contributed by atoms with E-state index in [1.54, 1.807) is 7.05 Å². The van der Waals surface area contributed by atoms with Crippen LogP contribution >= 0.6 is 0 Å². The van der Waals surface area contributed by atoms with E-state index in [2.05, 4.69) is 42.2 Å². The zero-order chi connectivity index (χ0) is 24.7. The molecular weight excluding hydrogens is 438 g/mol. The van der Waals surface area contributed by atoms with Crippen molar-refractivity contribution >= 4 is 28.4 Å². The van der Waals surface area contributed by atoms with Crippen molar-refractivity contribution in [3.63, 3.8) is 0 Å². The van der Waals surface area contributed by atoms with E-state index in [1.807, 2.05) is 36.4 Å². The first-order valence-electron chi connectivity index (χ1n) is 12.5. The van der Waals surface area contributed by atoms with Gasteiger partial charge in [0.1, 0.15) is 5.75 Å². The number of carbonyl (C=O) groups excluding carboxylic acids is 1. The predicted octanol–water partition coefficient (Wildman–Crippen LogP) is 4.47. The number of hydrogen-bond donors (Lipinski definition) is 2. The summed E-state index contributed by atoms with van der Waals surface area (Å²) in [6, 6.07) is 14.1. The van der Waals surface area contributed by atoms with Gasteiger partial charge in [-0.15, -0.1) is 0 Å². The maximum atomic E-state index is 11.4. The van der Waals surface area contributed by atoms with Gasteiger partial charge in [-0.05, 0) is 74.5 Å². The van der Waals surface area contributed by atoms with E-state index in [4.69, 9.17) is 15.5 Å². The highest BCUT2D eigenvalue weighted by Crippen LogP contribution is 2.51. The van der Waals surface area contributed by atoms with Crippen molar-refractivity contribution in [3.8, 4) is 5.75 Å². The number of rotatable bonds is 1. The van der Waals surface area contributed by atoms with Gasteiger partial charge in [0.05, 0.1) is 11.7 Å². The Kier molecular flexibility index (Phi) is 6.05. The highest BCUT2D eigenvalue weighted by Gasteiger charge is 2.52. The fourth-order valence-corrected chi connectivity index (χ4v) is 6.19. The largest absolute Gasteiger partial charge is 0.412 e. The molecule has 7 heteroatoms. The zero-order valence-electron chi connectivity index (χ0n) is 21.1. The average molecular weight is 474 g/mol. The van der Waals surface area contributed by atoms with Gasteiger partial charge in [0, 0.05) is 48.5 Å². The molecule has 184 valence electrons. The topological polar surface area (TPSA) is 83.7 Å². The van der Waals surface area contributed by atoms with Gasteiger partial charge in [-0.3, -0.25) is 9.88 Å². The molecule has 35 heavy (non-hydrogen) atoms. The number of nitrogen functional groups attached to an aromatic ring is 1. The van der Waals surface area contributed by atoms with Crippen LogP contribution in [0.15, 0.2) is 42.5 Å². The van der Waals surface area contributed by atoms with E-state index in [0.29, 0.717) is 11.9 Å². The molecule has 1 fully saturated rings. The van der Waals surface area contributed by atoms with E-state index in [9.17, 15) is 4.79 Å². The molecule has 1 saturated heterocycles. The monoisotopic (exact) mass is 473 g/mol. The molecule has 3 heterocycles. The van der Waals surface area contributed by atoms with E-state index < -0.39 is 6.09 Å². The van der Waals surface area contributed by atoms with Gasteiger partial charge in [-0.25, -0.2) is 4.79 Å². The first kappa shape index (κ1) is 23.4. The predicted molar refractivity (Wildman–Crippen MR) is 141 cm³/mol. The Hall–Kier alpha value is -3.32. The summed E-state index contributed by atoms with van der Waals surface area (Å²) in [5.74, 6) is 0.605. The van der Waals surface area contributed by atoms with Crippen LogP contribution in [0.1, 0.15) is 43.0 Å². The van der Waals surface area contributed by atoms with Crippen LogP contribution in [-0.2, 0) is 18.3 Å². The van der Waals surface area contributed by atoms with Crippen LogP contribution in [-0.4, -0.2) is 49.8 Å². The molecule has 2 aliphatic heterocycles. The molecule has 1 aromatic heterocycles. The number of nitrogens with two attached hydrogens (primary N) is 1. The summed E-state index contributed by atoms with van der Waals surface area (Å²) in [6.07, 6.45) is 5.75. The lowest BCUT2D eigenvalue weighted by atomic mass is 9.81. The third-order valence-corrected chi connectivity index (χ3v) is 7.93. The van der Waals surface area contributed by atoms with Crippen molar-refractivity contribution in [2.75, 3.05) is 38.3 Å². The maximum Gasteiger partial charge on any atom is 0.412 e. The quantitative estimate of drug-likeness (QED) is 0.543. The van der Waals surface area contributed by atoms with E-state index in [1.165, 1.54) is 35.3 Å². The minimum absolute atomic E-state index is 0.0981. The van der Waals surface area contributed by atoms with Crippen LogP contribution in [0, 0.1) is 0 Å². The molecule has 0 unspecified atom stereocenters. The number of aryl methyl sites for hydroxylation is 1. The van der Waals surface area contributed by atoms with Crippen molar-refractivity contribution in [1.29, 1.82) is 0 Å². The van der Waals surface area contributed by atoms with Gasteiger partial charge < -0.3 is 20.7 Å². The maximum absolute atomic E-state index is 11.4. The molecule has 0 spiro atoms. The highest BCUT2D eigenvalue weighted by atomic mass is 16.5. The Labute approximate surface area is 207 Å². The fourth-order valence-electron chi connectivity index (χ4n) is 6.19. The molecule has 3 N–H and O–H groups in total. The molecule has 2 aromatic carbocycles. The fraction of sp³-hybridized carbons (Fsp3) is 0.429. The number of likely N-dealkylation sites (tertiary alicyclic amines) is 1. The molecule has 1 aliphatic carbocycles. The average Bonchev–Trinajstić information content (AvgIpc) is 3.30. The molecule has 0 radical (unpaired) electrons. The third kappa shape index (κ3) is 3.97. The van der Waals surface area contributed by atoms with Gasteiger partial charge in [-0.2, -0.15) is 0 Å². The lowest BCUT2D eigenvalue weighted by molar-refractivity contribution is 0.203. The lowest BCUT2D eigenvalue weighted by Gasteiger charge is -2.32. The van der Waals surface area contributed by atoms with Crippen LogP contribution in [0.25, 0.3) is 10.9 Å². The van der Waals surface area contributed by atoms with E-state index in [-0.39, 0.29) is 5.41 Å². The summed E-state index contributed by atoms with van der Waals surface area (Å²) in [4.78, 5) is 20.8. The van der Waals surface area contributed by atoms with Crippen LogP contribution < -0.4 is 20.7 Å². The van der Waals surface area contributed by atoms with Crippen LogP contribution in [0.4, 0.5) is 16.2 Å². The van der Waals surface area contributed by atoms with Gasteiger partial charge in [0.15, 0.2) is 0 Å². The molecule has 3 aromatic rings. The second kappa shape index (κ2) is 9.04. The number of pyridine rings is 1. The number of nitrogens with one attached hydrogen (secondary N) is 1. The van der Waals surface area contributed by atoms with E-state index in [0.717, 1.165) is 42.4 Å². The second-order valence-corrected chi connectivity index (χ2v) is 10.1. The van der Waals surface area contributed by atoms with Crippen LogP contribution in [0.5, 0.6) is 5.75 Å². The summed E-state index contributed by atoms with van der Waals surface area (Å²) >= 11 is 0. The number of carbonyl (C=O) groups is 1. The number of aromatic nitrogens is 1. The number of amides is 1. The molecular formula is C28H35N5O2. The van der Waals surface area contributed by atoms with Crippen molar-refractivity contribution in [2.45, 2.75) is 50.6 Å².